The molecule has 9 aromatic rings. The van der Waals surface area contributed by atoms with Crippen LogP contribution < -0.4 is 9.80 Å². The number of benzene rings is 9. The van der Waals surface area contributed by atoms with Crippen molar-refractivity contribution < 1.29 is 0 Å². The molecule has 2 unspecified atom stereocenters. The molecule has 0 N–H and O–H groups in total. The average Bonchev–Trinajstić information content (AvgIpc) is 4.00. The van der Waals surface area contributed by atoms with Crippen molar-refractivity contribution in [2.24, 2.45) is 5.41 Å². The molecule has 0 heterocycles. The molecule has 5 aliphatic carbocycles. The zero-order valence-corrected chi connectivity index (χ0v) is 41.6. The van der Waals surface area contributed by atoms with Crippen LogP contribution in [-0.4, -0.2) is 0 Å². The van der Waals surface area contributed by atoms with Crippen LogP contribution in [0.25, 0.3) is 33.4 Å². The van der Waals surface area contributed by atoms with Crippen molar-refractivity contribution in [3.05, 3.63) is 263 Å². The van der Waals surface area contributed by atoms with Gasteiger partial charge in [0.05, 0.1) is 11.1 Å². The highest BCUT2D eigenvalue weighted by Crippen LogP contribution is 2.68. The predicted molar refractivity (Wildman–Crippen MR) is 297 cm³/mol. The molecule has 2 nitrogen and oxygen atoms in total. The molecule has 2 atom stereocenters. The first kappa shape index (κ1) is 42.2. The van der Waals surface area contributed by atoms with E-state index < -0.39 is 5.41 Å². The molecule has 0 aliphatic heterocycles. The van der Waals surface area contributed by atoms with E-state index in [1.54, 1.807) is 0 Å². The van der Waals surface area contributed by atoms with Crippen molar-refractivity contribution in [3.63, 3.8) is 0 Å². The molecule has 71 heavy (non-hydrogen) atoms. The first-order valence-electron chi connectivity index (χ1n) is 25.7. The van der Waals surface area contributed by atoms with E-state index in [1.807, 2.05) is 0 Å². The molecule has 9 aromatic carbocycles. The lowest BCUT2D eigenvalue weighted by molar-refractivity contribution is 0.0850. The van der Waals surface area contributed by atoms with Crippen LogP contribution in [0, 0.1) is 5.41 Å². The van der Waals surface area contributed by atoms with Crippen LogP contribution in [0.4, 0.5) is 34.1 Å². The number of rotatable bonds is 6. The monoisotopic (exact) mass is 914 g/mol. The van der Waals surface area contributed by atoms with Crippen LogP contribution >= 0.6 is 0 Å². The maximum atomic E-state index is 2.57. The Morgan fingerprint density at radius 3 is 1.44 bits per heavy atom. The van der Waals surface area contributed by atoms with Crippen molar-refractivity contribution >= 4 is 34.1 Å². The Kier molecular flexibility index (Phi) is 8.73. The van der Waals surface area contributed by atoms with E-state index in [4.69, 9.17) is 0 Å². The zero-order valence-electron chi connectivity index (χ0n) is 41.6. The van der Waals surface area contributed by atoms with E-state index in [0.717, 1.165) is 41.3 Å². The van der Waals surface area contributed by atoms with Crippen LogP contribution in [0.15, 0.2) is 218 Å². The summed E-state index contributed by atoms with van der Waals surface area (Å²) in [7, 11) is 0. The maximum absolute atomic E-state index is 2.57. The Balaban J connectivity index is 1.10. The molecular formula is C69H58N2. The number of hydrogen-bond donors (Lipinski definition) is 0. The topological polar surface area (TPSA) is 6.48 Å². The first-order valence-corrected chi connectivity index (χ1v) is 25.7. The molecule has 344 valence electrons. The quantitative estimate of drug-likeness (QED) is 0.153. The second kappa shape index (κ2) is 14.7. The normalized spacial score (nSPS) is 20.3. The van der Waals surface area contributed by atoms with E-state index in [0.29, 0.717) is 0 Å². The molecular weight excluding hydrogens is 857 g/mol. The summed E-state index contributed by atoms with van der Waals surface area (Å²) in [5.74, 6) is 0. The highest BCUT2D eigenvalue weighted by molar-refractivity contribution is 6.03. The van der Waals surface area contributed by atoms with Gasteiger partial charge < -0.3 is 9.80 Å². The maximum Gasteiger partial charge on any atom is 0.0727 e. The Morgan fingerprint density at radius 1 is 0.324 bits per heavy atom. The third-order valence-corrected chi connectivity index (χ3v) is 18.8. The molecule has 0 bridgehead atoms. The summed E-state index contributed by atoms with van der Waals surface area (Å²) in [6.45, 7) is 14.9. The van der Waals surface area contributed by atoms with E-state index in [-0.39, 0.29) is 21.7 Å². The van der Waals surface area contributed by atoms with Gasteiger partial charge in [0, 0.05) is 44.8 Å². The van der Waals surface area contributed by atoms with Gasteiger partial charge in [0.15, 0.2) is 0 Å². The van der Waals surface area contributed by atoms with Gasteiger partial charge in [-0.15, -0.1) is 0 Å². The lowest BCUT2D eigenvalue weighted by atomic mass is 9.53. The highest BCUT2D eigenvalue weighted by atomic mass is 15.2. The predicted octanol–water partition coefficient (Wildman–Crippen LogP) is 18.2. The van der Waals surface area contributed by atoms with Crippen LogP contribution in [0.1, 0.15) is 98.9 Å². The Labute approximate surface area is 419 Å². The molecule has 0 radical (unpaired) electrons. The fourth-order valence-electron chi connectivity index (χ4n) is 14.8. The van der Waals surface area contributed by atoms with Gasteiger partial charge in [-0.05, 0) is 157 Å². The molecule has 0 aromatic heterocycles. The number of nitrogens with zero attached hydrogens (tertiary/aromatic N) is 2. The summed E-state index contributed by atoms with van der Waals surface area (Å²) in [5.41, 5.74) is 24.9. The summed E-state index contributed by atoms with van der Waals surface area (Å²) in [6.07, 6.45) is 6.99. The summed E-state index contributed by atoms with van der Waals surface area (Å²) >= 11 is 0. The summed E-state index contributed by atoms with van der Waals surface area (Å²) in [6, 6.07) is 78.7. The summed E-state index contributed by atoms with van der Waals surface area (Å²) < 4.78 is 0. The molecule has 1 spiro atoms. The highest BCUT2D eigenvalue weighted by Gasteiger charge is 2.61. The lowest BCUT2D eigenvalue weighted by Crippen LogP contribution is -2.47. The first-order chi connectivity index (χ1) is 34.5. The van der Waals surface area contributed by atoms with E-state index in [9.17, 15) is 0 Å². The van der Waals surface area contributed by atoms with Gasteiger partial charge in [-0.3, -0.25) is 0 Å². The van der Waals surface area contributed by atoms with E-state index >= 15 is 0 Å². The van der Waals surface area contributed by atoms with E-state index in [1.165, 1.54) is 83.6 Å². The second-order valence-electron chi connectivity index (χ2n) is 22.4. The van der Waals surface area contributed by atoms with Gasteiger partial charge in [0.25, 0.3) is 0 Å². The number of allylic oxidation sites excluding steroid dienone is 2. The van der Waals surface area contributed by atoms with E-state index in [2.05, 4.69) is 270 Å². The van der Waals surface area contributed by atoms with Gasteiger partial charge in [-0.25, -0.2) is 0 Å². The number of anilines is 6. The minimum absolute atomic E-state index is 0.0425. The molecule has 5 aliphatic rings. The standard InChI is InChI=1S/C69H58N2/c1-65(2)55-31-17-13-27-50(55)53-37-35-48(41-60(53)65)71(46-25-11-8-12-26-46)63-44-49(43-62-64(63)54-30-16-20-34-58(54)69(62)56-32-18-14-28-51(56)52-29-15-19-33-57(52)69)70(45-23-9-7-10-24-45)47-36-38-59-61(42-47)66(3,4)68(6)40-22-21-39-67(59,68)5/h7-38,41-44H,39-40H2,1-6H3. The fourth-order valence-corrected chi connectivity index (χ4v) is 14.8. The third-order valence-electron chi connectivity index (χ3n) is 18.8. The molecule has 0 fully saturated rings. The van der Waals surface area contributed by atoms with Gasteiger partial charge in [0.2, 0.25) is 0 Å². The van der Waals surface area contributed by atoms with Gasteiger partial charge in [-0.2, -0.15) is 0 Å². The minimum atomic E-state index is -0.567. The fraction of sp³-hybridized carbons (Fsp3) is 0.188. The van der Waals surface area contributed by atoms with Crippen molar-refractivity contribution in [2.45, 2.75) is 76.0 Å². The van der Waals surface area contributed by atoms with Crippen molar-refractivity contribution in [1.82, 2.24) is 0 Å². The summed E-state index contributed by atoms with van der Waals surface area (Å²) in [5, 5.41) is 0. The molecule has 2 heteroatoms. The smallest absolute Gasteiger partial charge is 0.0727 e. The van der Waals surface area contributed by atoms with Gasteiger partial charge in [-0.1, -0.05) is 199 Å². The molecule has 14 rings (SSSR count). The summed E-state index contributed by atoms with van der Waals surface area (Å²) in [4.78, 5) is 5.12. The minimum Gasteiger partial charge on any atom is -0.310 e. The van der Waals surface area contributed by atoms with Crippen LogP contribution in [0.5, 0.6) is 0 Å². The molecule has 0 saturated carbocycles. The third kappa shape index (κ3) is 5.38. The molecule has 0 amide bonds. The van der Waals surface area contributed by atoms with Crippen LogP contribution in [0.3, 0.4) is 0 Å². The number of fused-ring (bicyclic) bond motifs is 16. The number of hydrogen-bond acceptors (Lipinski definition) is 2. The second-order valence-corrected chi connectivity index (χ2v) is 22.4. The van der Waals surface area contributed by atoms with Gasteiger partial charge >= 0.3 is 0 Å². The van der Waals surface area contributed by atoms with Gasteiger partial charge in [0.1, 0.15) is 0 Å². The Hall–Kier alpha value is -7.68. The Bertz CT molecular complexity index is 3660. The molecule has 0 saturated heterocycles. The van der Waals surface area contributed by atoms with Crippen molar-refractivity contribution in [3.8, 4) is 33.4 Å². The zero-order chi connectivity index (χ0) is 48.1. The number of para-hydroxylation sites is 2. The van der Waals surface area contributed by atoms with Crippen LogP contribution in [-0.2, 0) is 21.7 Å². The Morgan fingerprint density at radius 2 is 0.789 bits per heavy atom. The lowest BCUT2D eigenvalue weighted by Gasteiger charge is -2.50. The average molecular weight is 915 g/mol. The van der Waals surface area contributed by atoms with Crippen LogP contribution in [0.2, 0.25) is 0 Å². The van der Waals surface area contributed by atoms with Crippen molar-refractivity contribution in [1.29, 1.82) is 0 Å². The SMILES string of the molecule is CC1(C)c2ccccc2-c2ccc(N(c3ccccc3)c3cc(N(c4ccccc4)c4ccc5c(c4)C(C)(C)C4(C)CC=CCC54C)cc4c3-c3ccccc3C43c4ccccc4-c4ccccc43)cc21. The van der Waals surface area contributed by atoms with Crippen molar-refractivity contribution in [2.75, 3.05) is 9.80 Å². The largest absolute Gasteiger partial charge is 0.310 e.